The summed E-state index contributed by atoms with van der Waals surface area (Å²) in [5, 5.41) is 2.85. The Morgan fingerprint density at radius 1 is 1.09 bits per heavy atom. The van der Waals surface area contributed by atoms with E-state index in [1.54, 1.807) is 0 Å². The van der Waals surface area contributed by atoms with Crippen LogP contribution < -0.4 is 9.64 Å². The van der Waals surface area contributed by atoms with Crippen LogP contribution in [0.4, 0.5) is 18.9 Å². The van der Waals surface area contributed by atoms with Crippen LogP contribution in [0.25, 0.3) is 0 Å². The molecule has 170 valence electrons. The van der Waals surface area contributed by atoms with Crippen LogP contribution in [0.3, 0.4) is 0 Å². The summed E-state index contributed by atoms with van der Waals surface area (Å²) >= 11 is 1.83. The third-order valence-electron chi connectivity index (χ3n) is 4.33. The van der Waals surface area contributed by atoms with E-state index in [9.17, 15) is 31.2 Å². The van der Waals surface area contributed by atoms with Crippen LogP contribution in [-0.4, -0.2) is 43.2 Å². The summed E-state index contributed by atoms with van der Waals surface area (Å²) in [5.41, 5.74) is -1.85. The zero-order valence-corrected chi connectivity index (χ0v) is 19.1. The van der Waals surface area contributed by atoms with Crippen LogP contribution in [0.2, 0.25) is 0 Å². The molecule has 1 saturated heterocycles. The van der Waals surface area contributed by atoms with Crippen molar-refractivity contribution in [2.24, 2.45) is 5.16 Å². The highest BCUT2D eigenvalue weighted by Crippen LogP contribution is 2.29. The molecule has 8 nitrogen and oxygen atoms in total. The number of alkyl halides is 4. The Balaban J connectivity index is 1.86. The third kappa shape index (κ3) is 5.03. The maximum absolute atomic E-state index is 13.4. The van der Waals surface area contributed by atoms with E-state index < -0.39 is 48.2 Å². The summed E-state index contributed by atoms with van der Waals surface area (Å²) in [6.45, 7) is 0. The number of oxime groups is 1. The molecule has 0 spiro atoms. The number of ether oxygens (including phenoxy) is 1. The Labute approximate surface area is 194 Å². The number of halogens is 4. The normalized spacial score (nSPS) is 17.6. The zero-order valence-electron chi connectivity index (χ0n) is 16.2. The van der Waals surface area contributed by atoms with E-state index in [0.29, 0.717) is 5.75 Å². The van der Waals surface area contributed by atoms with Crippen molar-refractivity contribution in [2.75, 3.05) is 12.0 Å². The highest BCUT2D eigenvalue weighted by molar-refractivity contribution is 14.1. The van der Waals surface area contributed by atoms with E-state index in [0.717, 1.165) is 29.2 Å². The molecule has 13 heteroatoms. The predicted molar refractivity (Wildman–Crippen MR) is 115 cm³/mol. The van der Waals surface area contributed by atoms with Crippen molar-refractivity contribution in [3.63, 3.8) is 0 Å². The summed E-state index contributed by atoms with van der Waals surface area (Å²) in [6.07, 6.45) is -4.98. The van der Waals surface area contributed by atoms with Crippen LogP contribution in [0.1, 0.15) is 12.0 Å². The largest absolute Gasteiger partial charge is 0.497 e. The highest BCUT2D eigenvalue weighted by atomic mass is 127. The fourth-order valence-corrected chi connectivity index (χ4v) is 4.16. The second-order valence-corrected chi connectivity index (χ2v) is 9.46. The smallest absolute Gasteiger partial charge is 0.437 e. The molecular formula is C19H14F3IN2O6S. The molecule has 0 aliphatic carbocycles. The van der Waals surface area contributed by atoms with Gasteiger partial charge in [0.1, 0.15) is 10.6 Å². The molecule has 1 aliphatic rings. The molecule has 2 aromatic carbocycles. The molecule has 0 bridgehead atoms. The lowest BCUT2D eigenvalue weighted by atomic mass is 10.1. The number of methoxy groups -OCH3 is 1. The number of carbonyl (C=O) groups excluding carboxylic acids is 2. The summed E-state index contributed by atoms with van der Waals surface area (Å²) in [6, 6.07) is 8.98. The minimum absolute atomic E-state index is 0.0167. The van der Waals surface area contributed by atoms with Crippen LogP contribution in [0.15, 0.2) is 58.6 Å². The predicted octanol–water partition coefficient (Wildman–Crippen LogP) is 3.43. The SMILES string of the molecule is COc1ccc(C(=NOS(=O)(=O)c2ccc(N3C(=O)CC(I)C3=O)cc2)C(F)(F)F)cc1. The van der Waals surface area contributed by atoms with E-state index in [4.69, 9.17) is 4.74 Å². The number of amides is 2. The molecule has 1 heterocycles. The quantitative estimate of drug-likeness (QED) is 0.170. The average Bonchev–Trinajstić information content (AvgIpc) is 2.99. The van der Waals surface area contributed by atoms with Gasteiger partial charge in [-0.1, -0.05) is 27.7 Å². The highest BCUT2D eigenvalue weighted by Gasteiger charge is 2.39. The topological polar surface area (TPSA) is 102 Å². The second kappa shape index (κ2) is 9.05. The van der Waals surface area contributed by atoms with E-state index in [1.165, 1.54) is 31.4 Å². The number of benzene rings is 2. The zero-order chi connectivity index (χ0) is 23.7. The summed E-state index contributed by atoms with van der Waals surface area (Å²) in [4.78, 5) is 24.4. The van der Waals surface area contributed by atoms with E-state index in [1.807, 2.05) is 22.6 Å². The van der Waals surface area contributed by atoms with Crippen molar-refractivity contribution in [2.45, 2.75) is 21.4 Å². The number of hydrogen-bond acceptors (Lipinski definition) is 7. The van der Waals surface area contributed by atoms with Crippen molar-refractivity contribution in [3.05, 3.63) is 54.1 Å². The molecule has 2 aromatic rings. The van der Waals surface area contributed by atoms with Gasteiger partial charge in [0.05, 0.1) is 16.7 Å². The standard InChI is InChI=1S/C19H14F3IN2O6S/c1-30-13-6-2-11(3-7-13)17(19(20,21)22)24-31-32(28,29)14-8-4-12(5-9-14)25-16(26)10-15(23)18(25)27/h2-9,15H,10H2,1H3. The monoisotopic (exact) mass is 582 g/mol. The van der Waals surface area contributed by atoms with Gasteiger partial charge in [-0.2, -0.15) is 21.6 Å². The van der Waals surface area contributed by atoms with Gasteiger partial charge in [0.25, 0.3) is 0 Å². The molecule has 1 atom stereocenters. The first-order valence-electron chi connectivity index (χ1n) is 8.78. The molecule has 32 heavy (non-hydrogen) atoms. The number of imide groups is 1. The third-order valence-corrected chi connectivity index (χ3v) is 6.43. The Bertz CT molecular complexity index is 1170. The number of nitrogens with zero attached hydrogens (tertiary/aromatic N) is 2. The van der Waals surface area contributed by atoms with Crippen molar-refractivity contribution in [1.82, 2.24) is 0 Å². The van der Waals surface area contributed by atoms with Gasteiger partial charge < -0.3 is 4.74 Å². The van der Waals surface area contributed by atoms with Gasteiger partial charge in [-0.15, -0.1) is 0 Å². The van der Waals surface area contributed by atoms with Gasteiger partial charge in [0, 0.05) is 12.0 Å². The number of hydrogen-bond donors (Lipinski definition) is 0. The average molecular weight is 582 g/mol. The Hall–Kier alpha value is -2.68. The van der Waals surface area contributed by atoms with E-state index >= 15 is 0 Å². The molecule has 0 N–H and O–H groups in total. The number of anilines is 1. The lowest BCUT2D eigenvalue weighted by molar-refractivity contribution is -0.121. The van der Waals surface area contributed by atoms with Crippen LogP contribution in [-0.2, 0) is 24.0 Å². The molecule has 2 amide bonds. The van der Waals surface area contributed by atoms with Crippen molar-refractivity contribution in [1.29, 1.82) is 0 Å². The second-order valence-electron chi connectivity index (χ2n) is 6.43. The lowest BCUT2D eigenvalue weighted by Gasteiger charge is -2.14. The molecule has 1 unspecified atom stereocenters. The van der Waals surface area contributed by atoms with Crippen LogP contribution in [0, 0.1) is 0 Å². The summed E-state index contributed by atoms with van der Waals surface area (Å²) in [7, 11) is -3.38. The first-order chi connectivity index (χ1) is 14.9. The van der Waals surface area contributed by atoms with Gasteiger partial charge in [-0.3, -0.25) is 13.9 Å². The number of carbonyl (C=O) groups is 2. The fourth-order valence-electron chi connectivity index (χ4n) is 2.77. The first kappa shape index (κ1) is 24.0. The van der Waals surface area contributed by atoms with Gasteiger partial charge in [0.2, 0.25) is 11.8 Å². The molecular weight excluding hydrogens is 568 g/mol. The minimum Gasteiger partial charge on any atom is -0.497 e. The molecule has 0 saturated carbocycles. The van der Waals surface area contributed by atoms with Gasteiger partial charge >= 0.3 is 16.3 Å². The van der Waals surface area contributed by atoms with Gasteiger partial charge in [0.15, 0.2) is 5.71 Å². The number of rotatable bonds is 6. The van der Waals surface area contributed by atoms with Crippen molar-refractivity contribution in [3.8, 4) is 5.75 Å². The maximum atomic E-state index is 13.4. The molecule has 3 rings (SSSR count). The molecule has 1 aliphatic heterocycles. The molecule has 1 fully saturated rings. The van der Waals surface area contributed by atoms with Crippen LogP contribution >= 0.6 is 22.6 Å². The molecule has 0 aromatic heterocycles. The van der Waals surface area contributed by atoms with Crippen molar-refractivity contribution < 1.29 is 40.2 Å². The fraction of sp³-hybridized carbons (Fsp3) is 0.211. The van der Waals surface area contributed by atoms with E-state index in [-0.39, 0.29) is 12.1 Å². The Kier molecular flexibility index (Phi) is 6.78. The lowest BCUT2D eigenvalue weighted by Crippen LogP contribution is -2.30. The molecule has 0 radical (unpaired) electrons. The maximum Gasteiger partial charge on any atom is 0.437 e. The summed E-state index contributed by atoms with van der Waals surface area (Å²) < 4.78 is 73.5. The van der Waals surface area contributed by atoms with E-state index in [2.05, 4.69) is 9.44 Å². The van der Waals surface area contributed by atoms with Gasteiger partial charge in [-0.25, -0.2) is 4.90 Å². The van der Waals surface area contributed by atoms with Crippen molar-refractivity contribution >= 4 is 55.9 Å². The Morgan fingerprint density at radius 3 is 2.16 bits per heavy atom. The Morgan fingerprint density at radius 2 is 1.69 bits per heavy atom. The van der Waals surface area contributed by atoms with Gasteiger partial charge in [-0.05, 0) is 48.5 Å². The van der Waals surface area contributed by atoms with Crippen LogP contribution in [0.5, 0.6) is 5.75 Å². The minimum atomic E-state index is -5.00. The summed E-state index contributed by atoms with van der Waals surface area (Å²) in [5.74, 6) is -0.589. The first-order valence-corrected chi connectivity index (χ1v) is 11.4.